The highest BCUT2D eigenvalue weighted by molar-refractivity contribution is 8.03. The van der Waals surface area contributed by atoms with Crippen molar-refractivity contribution in [1.82, 2.24) is 14.0 Å². The molecular formula is C28H31FN4O6S2. The van der Waals surface area contributed by atoms with Crippen LogP contribution in [0.25, 0.3) is 10.9 Å². The van der Waals surface area contributed by atoms with Gasteiger partial charge in [0.15, 0.2) is 0 Å². The fraction of sp³-hybridized carbons (Fsp3) is 0.286. The molecular weight excluding hydrogens is 571 g/mol. The maximum Gasteiger partial charge on any atom is 0.253 e. The number of H-pyrrole nitrogens is 1. The van der Waals surface area contributed by atoms with E-state index in [0.717, 1.165) is 28.6 Å². The Morgan fingerprint density at radius 3 is 2.20 bits per heavy atom. The Bertz CT molecular complexity index is 1760. The van der Waals surface area contributed by atoms with E-state index in [1.165, 1.54) is 12.1 Å². The highest BCUT2D eigenvalue weighted by Gasteiger charge is 2.46. The molecule has 2 aromatic carbocycles. The van der Waals surface area contributed by atoms with Crippen molar-refractivity contribution in [3.63, 3.8) is 0 Å². The second-order valence-corrected chi connectivity index (χ2v) is 14.8. The summed E-state index contributed by atoms with van der Waals surface area (Å²) in [7, 11) is -8.86. The van der Waals surface area contributed by atoms with Crippen LogP contribution in [0.15, 0.2) is 78.7 Å². The van der Waals surface area contributed by atoms with E-state index < -0.39 is 49.3 Å². The first kappa shape index (κ1) is 30.0. The van der Waals surface area contributed by atoms with Gasteiger partial charge < -0.3 is 15.6 Å². The molecule has 0 saturated heterocycles. The Labute approximate surface area is 238 Å². The number of fused-ring (bicyclic) bond motifs is 1. The molecule has 0 radical (unpaired) electrons. The van der Waals surface area contributed by atoms with Crippen LogP contribution in [0.5, 0.6) is 0 Å². The Balaban J connectivity index is 1.72. The number of allylic oxidation sites excluding steroid dienone is 1. The Morgan fingerprint density at radius 2 is 1.61 bits per heavy atom. The van der Waals surface area contributed by atoms with Gasteiger partial charge in [-0.1, -0.05) is 45.0 Å². The fourth-order valence-corrected chi connectivity index (χ4v) is 7.50. The smallest absolute Gasteiger partial charge is 0.253 e. The van der Waals surface area contributed by atoms with Gasteiger partial charge in [0, 0.05) is 23.0 Å². The van der Waals surface area contributed by atoms with Gasteiger partial charge in [0.2, 0.25) is 31.7 Å². The summed E-state index contributed by atoms with van der Waals surface area (Å²) in [5.74, 6) is -6.46. The first-order valence-corrected chi connectivity index (χ1v) is 16.2. The molecule has 0 bridgehead atoms. The molecule has 13 heteroatoms. The third-order valence-electron chi connectivity index (χ3n) is 6.51. The summed E-state index contributed by atoms with van der Waals surface area (Å²) in [6, 6.07) is 13.3. The number of alkyl halides is 1. The number of hydrogen-bond donors (Lipinski definition) is 3. The molecule has 1 heterocycles. The third-order valence-corrected chi connectivity index (χ3v) is 9.76. The van der Waals surface area contributed by atoms with Crippen LogP contribution in [0, 0.1) is 5.92 Å². The predicted molar refractivity (Wildman–Crippen MR) is 156 cm³/mol. The lowest BCUT2D eigenvalue weighted by Crippen LogP contribution is -2.54. The Hall–Kier alpha value is -3.97. The fourth-order valence-electron chi connectivity index (χ4n) is 4.54. The lowest BCUT2D eigenvalue weighted by molar-refractivity contribution is -0.122. The summed E-state index contributed by atoms with van der Waals surface area (Å²) in [5.41, 5.74) is 1.29. The highest BCUT2D eigenvalue weighted by Crippen LogP contribution is 2.34. The molecule has 2 unspecified atom stereocenters. The number of sulfonamides is 2. The van der Waals surface area contributed by atoms with E-state index >= 15 is 4.39 Å². The number of halogens is 1. The number of rotatable bonds is 7. The average molecular weight is 603 g/mol. The van der Waals surface area contributed by atoms with E-state index in [2.05, 4.69) is 15.6 Å². The Morgan fingerprint density at radius 1 is 0.976 bits per heavy atom. The number of carbonyl (C=O) groups excluding carboxylic acids is 2. The number of nitrogens with zero attached hydrogens (tertiary/aromatic N) is 1. The normalized spacial score (nSPS) is 19.5. The highest BCUT2D eigenvalue weighted by atomic mass is 32.3. The zero-order valence-electron chi connectivity index (χ0n) is 23.1. The van der Waals surface area contributed by atoms with Gasteiger partial charge in [0.25, 0.3) is 5.91 Å². The molecule has 0 fully saturated rings. The molecule has 4 rings (SSSR count). The van der Waals surface area contributed by atoms with Crippen molar-refractivity contribution >= 4 is 48.5 Å². The molecule has 0 aliphatic heterocycles. The zero-order chi connectivity index (χ0) is 30.4. The monoisotopic (exact) mass is 602 g/mol. The molecule has 3 aromatic rings. The second-order valence-electron chi connectivity index (χ2n) is 10.9. The topological polar surface area (TPSA) is 146 Å². The van der Waals surface area contributed by atoms with Gasteiger partial charge in [0.05, 0.1) is 18.2 Å². The van der Waals surface area contributed by atoms with Crippen LogP contribution in [0.2, 0.25) is 0 Å². The van der Waals surface area contributed by atoms with Gasteiger partial charge in [-0.25, -0.2) is 21.2 Å². The predicted octanol–water partition coefficient (Wildman–Crippen LogP) is 3.79. The summed E-state index contributed by atoms with van der Waals surface area (Å²) in [4.78, 5) is 29.6. The van der Waals surface area contributed by atoms with Gasteiger partial charge >= 0.3 is 0 Å². The van der Waals surface area contributed by atoms with Crippen molar-refractivity contribution in [3.05, 3.63) is 89.8 Å². The van der Waals surface area contributed by atoms with Crippen LogP contribution in [0.4, 0.5) is 10.1 Å². The molecule has 1 aromatic heterocycles. The molecule has 2 amide bonds. The average Bonchev–Trinajstić information content (AvgIpc) is 3.29. The molecule has 0 saturated carbocycles. The molecule has 0 spiro atoms. The minimum absolute atomic E-state index is 0.0441. The molecule has 218 valence electrons. The minimum atomic E-state index is -4.43. The van der Waals surface area contributed by atoms with Crippen LogP contribution in [0.1, 0.15) is 36.7 Å². The summed E-state index contributed by atoms with van der Waals surface area (Å²) in [6.45, 7) is 5.97. The van der Waals surface area contributed by atoms with Gasteiger partial charge in [0.1, 0.15) is 5.92 Å². The summed E-state index contributed by atoms with van der Waals surface area (Å²) in [5, 5.41) is 5.68. The lowest BCUT2D eigenvalue weighted by Gasteiger charge is -2.34. The molecule has 3 N–H and O–H groups in total. The number of aromatic amines is 1. The number of carbonyl (C=O) groups is 2. The Kier molecular flexibility index (Phi) is 7.65. The number of anilines is 1. The molecule has 2 atom stereocenters. The van der Waals surface area contributed by atoms with Crippen LogP contribution < -0.4 is 10.6 Å². The van der Waals surface area contributed by atoms with Crippen molar-refractivity contribution in [3.8, 4) is 0 Å². The molecule has 1 aliphatic carbocycles. The second kappa shape index (κ2) is 10.5. The van der Waals surface area contributed by atoms with Crippen molar-refractivity contribution in [2.75, 3.05) is 17.8 Å². The van der Waals surface area contributed by atoms with Crippen molar-refractivity contribution in [1.29, 1.82) is 0 Å². The maximum absolute atomic E-state index is 16.8. The van der Waals surface area contributed by atoms with E-state index in [4.69, 9.17) is 0 Å². The van der Waals surface area contributed by atoms with Crippen LogP contribution in [-0.2, 0) is 30.3 Å². The third kappa shape index (κ3) is 6.51. The van der Waals surface area contributed by atoms with Gasteiger partial charge in [-0.2, -0.15) is 3.71 Å². The van der Waals surface area contributed by atoms with Crippen molar-refractivity contribution in [2.24, 2.45) is 5.92 Å². The van der Waals surface area contributed by atoms with E-state index in [0.29, 0.717) is 24.3 Å². The van der Waals surface area contributed by atoms with Gasteiger partial charge in [-0.15, -0.1) is 0 Å². The molecule has 1 aliphatic rings. The first-order chi connectivity index (χ1) is 18.9. The molecule has 10 nitrogen and oxygen atoms in total. The largest absolute Gasteiger partial charge is 0.361 e. The summed E-state index contributed by atoms with van der Waals surface area (Å²) < 4.78 is 66.4. The number of aromatic nitrogens is 1. The standard InChI is InChI=1S/C28H31FN4O6S2/c1-27(2,3)20-9-6-19(7-10-20)25(34)32-28(29)17-22(33(40(4,36)37)41(5,38)39)12-13-23(28)26(35)31-21-11-8-18-14-15-30-24(18)16-21/h6-17,23,30H,1-5H3,(H,31,35)(H,32,34). The quantitative estimate of drug-likeness (QED) is 0.351. The van der Waals surface area contributed by atoms with Crippen LogP contribution >= 0.6 is 0 Å². The van der Waals surface area contributed by atoms with Crippen LogP contribution in [0.3, 0.4) is 0 Å². The van der Waals surface area contributed by atoms with E-state index in [1.807, 2.05) is 26.8 Å². The van der Waals surface area contributed by atoms with Crippen molar-refractivity contribution < 1.29 is 30.8 Å². The van der Waals surface area contributed by atoms with E-state index in [-0.39, 0.29) is 14.7 Å². The lowest BCUT2D eigenvalue weighted by atomic mass is 9.86. The van der Waals surface area contributed by atoms with E-state index in [9.17, 15) is 26.4 Å². The van der Waals surface area contributed by atoms with Gasteiger partial charge in [-0.3, -0.25) is 9.59 Å². The SMILES string of the molecule is CC(C)(C)c1ccc(C(=O)NC2(F)C=C(N(S(C)(=O)=O)S(C)(=O)=O)C=CC2C(=O)Nc2ccc3cc[nH]c3c2)cc1. The number of benzene rings is 2. The minimum Gasteiger partial charge on any atom is -0.361 e. The number of amides is 2. The number of hydrogen-bond acceptors (Lipinski definition) is 6. The van der Waals surface area contributed by atoms with Crippen LogP contribution in [-0.4, -0.2) is 55.6 Å². The summed E-state index contributed by atoms with van der Waals surface area (Å²) >= 11 is 0. The number of nitrogens with one attached hydrogen (secondary N) is 3. The summed E-state index contributed by atoms with van der Waals surface area (Å²) in [6.07, 6.45) is 5.67. The van der Waals surface area contributed by atoms with Gasteiger partial charge in [-0.05, 0) is 58.8 Å². The first-order valence-electron chi connectivity index (χ1n) is 12.5. The van der Waals surface area contributed by atoms with E-state index in [1.54, 1.807) is 36.5 Å². The van der Waals surface area contributed by atoms with Crippen molar-refractivity contribution in [2.45, 2.75) is 32.0 Å². The zero-order valence-corrected chi connectivity index (χ0v) is 24.7. The molecule has 41 heavy (non-hydrogen) atoms. The maximum atomic E-state index is 16.8.